The lowest BCUT2D eigenvalue weighted by atomic mass is 10.1. The topological polar surface area (TPSA) is 201 Å². The Labute approximate surface area is 266 Å². The Morgan fingerprint density at radius 1 is 1.02 bits per heavy atom. The molecule has 2 heterocycles. The molecule has 0 saturated carbocycles. The van der Waals surface area contributed by atoms with Gasteiger partial charge in [0.2, 0.25) is 5.91 Å². The maximum absolute atomic E-state index is 12.7. The van der Waals surface area contributed by atoms with E-state index in [1.165, 1.54) is 30.7 Å². The second kappa shape index (κ2) is 15.8. The van der Waals surface area contributed by atoms with Gasteiger partial charge < -0.3 is 16.2 Å². The summed E-state index contributed by atoms with van der Waals surface area (Å²) in [5, 5.41) is 21.5. The van der Waals surface area contributed by atoms with Gasteiger partial charge in [0.1, 0.15) is 18.4 Å². The van der Waals surface area contributed by atoms with Crippen LogP contribution in [0.1, 0.15) is 44.3 Å². The van der Waals surface area contributed by atoms with Gasteiger partial charge in [0, 0.05) is 35.4 Å². The van der Waals surface area contributed by atoms with Gasteiger partial charge in [-0.3, -0.25) is 29.7 Å². The van der Waals surface area contributed by atoms with Crippen LogP contribution in [0.25, 0.3) is 17.1 Å². The number of nitrogen functional groups attached to an aromatic ring is 1. The van der Waals surface area contributed by atoms with E-state index in [4.69, 9.17) is 16.2 Å². The number of carbonyl (C=O) groups is 2. The third kappa shape index (κ3) is 8.68. The number of aromatic nitrogens is 5. The fraction of sp³-hybridized carbons (Fsp3) is 0.219. The number of nitro benzene ring substituents is 1. The number of anilines is 1. The number of nitrogens with zero attached hydrogens (tertiary/aromatic N) is 6. The molecular weight excluding hydrogens is 590 g/mol. The molecule has 0 radical (unpaired) electrons. The van der Waals surface area contributed by atoms with Crippen LogP contribution in [-0.4, -0.2) is 73.9 Å². The lowest BCUT2D eigenvalue weighted by molar-refractivity contribution is -0.385. The Kier molecular flexibility index (Phi) is 12.0. The van der Waals surface area contributed by atoms with Crippen LogP contribution in [0.4, 0.5) is 11.5 Å². The third-order valence-electron chi connectivity index (χ3n) is 6.97. The summed E-state index contributed by atoms with van der Waals surface area (Å²) in [6.45, 7) is 5.56. The summed E-state index contributed by atoms with van der Waals surface area (Å²) in [5.74, 6) is 0.135. The molecule has 0 bridgehead atoms. The largest absolute Gasteiger partial charge is 0.383 e. The number of methoxy groups -OCH3 is 1. The molecule has 1 amide bonds. The van der Waals surface area contributed by atoms with Crippen molar-refractivity contribution in [3.63, 3.8) is 0 Å². The lowest BCUT2D eigenvalue weighted by Gasteiger charge is -2.16. The van der Waals surface area contributed by atoms with Crippen LogP contribution >= 0.6 is 0 Å². The van der Waals surface area contributed by atoms with Crippen molar-refractivity contribution in [3.05, 3.63) is 117 Å². The van der Waals surface area contributed by atoms with Gasteiger partial charge in [-0.25, -0.2) is 9.67 Å². The molecule has 0 saturated heterocycles. The number of ether oxygens (including phenoxy) is 1. The average Bonchev–Trinajstić information content (AvgIpc) is 3.72. The summed E-state index contributed by atoms with van der Waals surface area (Å²) >= 11 is 0. The first-order chi connectivity index (χ1) is 21.8. The Bertz CT molecular complexity index is 1790. The second-order valence-corrected chi connectivity index (χ2v) is 10.3. The zero-order chi connectivity index (χ0) is 34.0. The monoisotopic (exact) mass is 627 g/mol. The zero-order valence-electron chi connectivity index (χ0n) is 26.5. The molecule has 2 aromatic heterocycles. The highest BCUT2D eigenvalue weighted by molar-refractivity contribution is 6.11. The van der Waals surface area contributed by atoms with E-state index in [0.29, 0.717) is 28.3 Å². The first-order valence-electron chi connectivity index (χ1n) is 14.0. The molecule has 46 heavy (non-hydrogen) atoms. The highest BCUT2D eigenvalue weighted by atomic mass is 16.6. The predicted octanol–water partition coefficient (Wildman–Crippen LogP) is 4.32. The number of nitro groups is 1. The van der Waals surface area contributed by atoms with Crippen molar-refractivity contribution in [2.24, 2.45) is 5.73 Å². The average molecular weight is 628 g/mol. The van der Waals surface area contributed by atoms with Crippen LogP contribution in [0.3, 0.4) is 0 Å². The number of aryl methyl sites for hydroxylation is 2. The summed E-state index contributed by atoms with van der Waals surface area (Å²) in [4.78, 5) is 39.5. The standard InChI is InChI=1S/C19H16N6O.C8H8N2O3.C5H13NO/c1-12-7-8-14(19-21-11-22-24-19)9-16(12)25-18(20)15(10-23-25)17(26)13-5-3-2-4-6-13;1-5-2-3-6(8(9)11)4-7(5)10(12)13;1-5(7-4)6(2)3/h2-11H,20H2,1H3,(H,21,22,24);2-4H,1H3,(H2,9,11);5H,1-4H3. The molecule has 5 rings (SSSR count). The minimum absolute atomic E-state index is 0.0868. The van der Waals surface area contributed by atoms with Gasteiger partial charge in [-0.15, -0.1) is 0 Å². The molecule has 0 aliphatic rings. The molecule has 240 valence electrons. The number of amides is 1. The molecule has 3 aromatic carbocycles. The summed E-state index contributed by atoms with van der Waals surface area (Å²) in [6.07, 6.45) is 3.19. The van der Waals surface area contributed by atoms with E-state index in [1.807, 2.05) is 69.2 Å². The Morgan fingerprint density at radius 3 is 2.24 bits per heavy atom. The van der Waals surface area contributed by atoms with Crippen LogP contribution < -0.4 is 11.5 Å². The summed E-state index contributed by atoms with van der Waals surface area (Å²) < 4.78 is 6.51. The number of nitrogens with one attached hydrogen (secondary N) is 1. The van der Waals surface area contributed by atoms with E-state index in [2.05, 4.69) is 20.3 Å². The highest BCUT2D eigenvalue weighted by Gasteiger charge is 2.19. The van der Waals surface area contributed by atoms with Crippen molar-refractivity contribution in [1.82, 2.24) is 29.9 Å². The van der Waals surface area contributed by atoms with Gasteiger partial charge in [-0.05, 0) is 52.6 Å². The molecule has 0 aliphatic heterocycles. The van der Waals surface area contributed by atoms with Crippen LogP contribution in [0, 0.1) is 24.0 Å². The highest BCUT2D eigenvalue weighted by Crippen LogP contribution is 2.26. The predicted molar refractivity (Wildman–Crippen MR) is 174 cm³/mol. The third-order valence-corrected chi connectivity index (χ3v) is 6.97. The van der Waals surface area contributed by atoms with Crippen LogP contribution in [0.5, 0.6) is 0 Å². The number of nitrogens with two attached hydrogens (primary N) is 2. The Morgan fingerprint density at radius 2 is 1.70 bits per heavy atom. The molecule has 14 nitrogen and oxygen atoms in total. The maximum Gasteiger partial charge on any atom is 0.273 e. The number of ketones is 1. The zero-order valence-corrected chi connectivity index (χ0v) is 26.5. The number of hydrogen-bond donors (Lipinski definition) is 3. The lowest BCUT2D eigenvalue weighted by Crippen LogP contribution is -2.25. The molecule has 14 heteroatoms. The smallest absolute Gasteiger partial charge is 0.273 e. The summed E-state index contributed by atoms with van der Waals surface area (Å²) in [6, 6.07) is 19.0. The number of hydrogen-bond acceptors (Lipinski definition) is 10. The van der Waals surface area contributed by atoms with Crippen molar-refractivity contribution in [2.45, 2.75) is 27.0 Å². The Balaban J connectivity index is 0.000000240. The fourth-order valence-corrected chi connectivity index (χ4v) is 3.97. The normalized spacial score (nSPS) is 11.1. The minimum atomic E-state index is -0.664. The maximum atomic E-state index is 12.7. The SMILES string of the molecule is COC(C)N(C)C.Cc1ccc(-c2ncn[nH]2)cc1-n1ncc(C(=O)c2ccccc2)c1N.Cc1ccc(C(N)=O)cc1[N+](=O)[O-]. The number of aromatic amines is 1. The van der Waals surface area contributed by atoms with E-state index < -0.39 is 10.8 Å². The van der Waals surface area contributed by atoms with Crippen LogP contribution in [0.15, 0.2) is 79.3 Å². The van der Waals surface area contributed by atoms with E-state index in [9.17, 15) is 19.7 Å². The van der Waals surface area contributed by atoms with Gasteiger partial charge in [-0.1, -0.05) is 48.5 Å². The van der Waals surface area contributed by atoms with Crippen molar-refractivity contribution < 1.29 is 19.2 Å². The molecule has 1 unspecified atom stereocenters. The van der Waals surface area contributed by atoms with E-state index in [1.54, 1.807) is 30.8 Å². The second-order valence-electron chi connectivity index (χ2n) is 10.3. The van der Waals surface area contributed by atoms with Gasteiger partial charge >= 0.3 is 0 Å². The van der Waals surface area contributed by atoms with Crippen molar-refractivity contribution in [3.8, 4) is 17.1 Å². The molecule has 1 atom stereocenters. The molecule has 0 fully saturated rings. The number of carbonyl (C=O) groups excluding carboxylic acids is 2. The van der Waals surface area contributed by atoms with Crippen molar-refractivity contribution in [2.75, 3.05) is 26.9 Å². The molecule has 5 N–H and O–H groups in total. The quantitative estimate of drug-likeness (QED) is 0.0962. The van der Waals surface area contributed by atoms with E-state index in [0.717, 1.165) is 16.8 Å². The summed E-state index contributed by atoms with van der Waals surface area (Å²) in [7, 11) is 5.66. The summed E-state index contributed by atoms with van der Waals surface area (Å²) in [5.41, 5.74) is 15.4. The van der Waals surface area contributed by atoms with Crippen LogP contribution in [-0.2, 0) is 4.74 Å². The van der Waals surface area contributed by atoms with Gasteiger partial charge in [0.15, 0.2) is 11.6 Å². The molecular formula is C32H37N9O5. The Hall–Kier alpha value is -5.73. The number of H-pyrrole nitrogens is 1. The molecule has 0 aliphatic carbocycles. The number of rotatable bonds is 8. The number of primary amides is 1. The van der Waals surface area contributed by atoms with Crippen molar-refractivity contribution in [1.29, 1.82) is 0 Å². The van der Waals surface area contributed by atoms with Gasteiger partial charge in [0.05, 0.1) is 22.4 Å². The van der Waals surface area contributed by atoms with Crippen molar-refractivity contribution >= 4 is 23.2 Å². The number of benzene rings is 3. The first-order valence-corrected chi connectivity index (χ1v) is 14.0. The molecule has 5 aromatic rings. The van der Waals surface area contributed by atoms with E-state index >= 15 is 0 Å². The van der Waals surface area contributed by atoms with Gasteiger partial charge in [-0.2, -0.15) is 10.2 Å². The van der Waals surface area contributed by atoms with Crippen LogP contribution in [0.2, 0.25) is 0 Å². The first kappa shape index (κ1) is 34.8. The minimum Gasteiger partial charge on any atom is -0.383 e. The fourth-order valence-electron chi connectivity index (χ4n) is 3.97. The van der Waals surface area contributed by atoms with Gasteiger partial charge in [0.25, 0.3) is 5.69 Å². The van der Waals surface area contributed by atoms with E-state index in [-0.39, 0.29) is 23.3 Å². The molecule has 0 spiro atoms.